The monoisotopic (exact) mass is 378 g/mol. The van der Waals surface area contributed by atoms with E-state index in [-0.39, 0.29) is 6.03 Å². The fraction of sp³-hybridized carbons (Fsp3) is 0.810. The molecule has 0 unspecified atom stereocenters. The van der Waals surface area contributed by atoms with Crippen LogP contribution in [0.15, 0.2) is 11.6 Å². The Morgan fingerprint density at radius 2 is 1.85 bits per heavy atom. The zero-order valence-electron chi connectivity index (χ0n) is 17.8. The number of piperazine rings is 1. The van der Waals surface area contributed by atoms with Gasteiger partial charge in [0.2, 0.25) is 5.91 Å². The Kier molecular flexibility index (Phi) is 8.14. The molecule has 0 aromatic heterocycles. The number of allylic oxidation sites excluding steroid dienone is 1. The molecule has 27 heavy (non-hydrogen) atoms. The van der Waals surface area contributed by atoms with Crippen LogP contribution in [0.3, 0.4) is 0 Å². The number of hydrogen-bond donors (Lipinski definition) is 2. The Morgan fingerprint density at radius 3 is 2.44 bits per heavy atom. The first-order valence-corrected chi connectivity index (χ1v) is 10.5. The van der Waals surface area contributed by atoms with Crippen LogP contribution < -0.4 is 10.6 Å². The summed E-state index contributed by atoms with van der Waals surface area (Å²) < 4.78 is 0. The maximum Gasteiger partial charge on any atom is 0.314 e. The summed E-state index contributed by atoms with van der Waals surface area (Å²) >= 11 is 0. The van der Waals surface area contributed by atoms with E-state index in [9.17, 15) is 9.59 Å². The van der Waals surface area contributed by atoms with Crippen molar-refractivity contribution in [2.75, 3.05) is 46.3 Å². The number of nitrogens with one attached hydrogen (secondary N) is 2. The van der Waals surface area contributed by atoms with Crippen molar-refractivity contribution in [1.82, 2.24) is 20.4 Å². The van der Waals surface area contributed by atoms with Gasteiger partial charge in [0, 0.05) is 45.7 Å². The molecule has 1 aliphatic heterocycles. The van der Waals surface area contributed by atoms with Gasteiger partial charge in [-0.25, -0.2) is 4.79 Å². The number of urea groups is 1. The van der Waals surface area contributed by atoms with E-state index in [4.69, 9.17) is 0 Å². The molecule has 0 spiro atoms. The molecule has 6 nitrogen and oxygen atoms in total. The highest BCUT2D eigenvalue weighted by molar-refractivity contribution is 5.77. The summed E-state index contributed by atoms with van der Waals surface area (Å²) in [6.45, 7) is 13.5. The zero-order chi connectivity index (χ0) is 20.0. The van der Waals surface area contributed by atoms with Crippen molar-refractivity contribution in [3.63, 3.8) is 0 Å². The lowest BCUT2D eigenvalue weighted by molar-refractivity contribution is -0.133. The fourth-order valence-electron chi connectivity index (χ4n) is 4.34. The van der Waals surface area contributed by atoms with Crippen molar-refractivity contribution in [1.29, 1.82) is 0 Å². The Balaban J connectivity index is 1.97. The van der Waals surface area contributed by atoms with Gasteiger partial charge in [-0.15, -0.1) is 0 Å². The van der Waals surface area contributed by atoms with E-state index in [0.717, 1.165) is 32.6 Å². The number of nitrogens with zero attached hydrogens (tertiary/aromatic N) is 2. The smallest absolute Gasteiger partial charge is 0.314 e. The molecule has 1 fully saturated rings. The number of carbonyl (C=O) groups is 2. The number of amides is 3. The number of carbonyl (C=O) groups excluding carboxylic acids is 2. The minimum atomic E-state index is -0.0987. The summed E-state index contributed by atoms with van der Waals surface area (Å²) in [5, 5.41) is 5.79. The van der Waals surface area contributed by atoms with Crippen LogP contribution in [0, 0.1) is 23.7 Å². The lowest BCUT2D eigenvalue weighted by atomic mass is 9.69. The minimum absolute atomic E-state index is 0.0987. The largest absolute Gasteiger partial charge is 0.340 e. The second-order valence-corrected chi connectivity index (χ2v) is 8.54. The van der Waals surface area contributed by atoms with Crippen molar-refractivity contribution in [2.45, 2.75) is 40.5 Å². The average molecular weight is 379 g/mol. The first-order chi connectivity index (χ1) is 12.8. The third-order valence-electron chi connectivity index (χ3n) is 6.20. The molecule has 1 aliphatic carbocycles. The van der Waals surface area contributed by atoms with Gasteiger partial charge in [0.25, 0.3) is 0 Å². The Morgan fingerprint density at radius 1 is 1.19 bits per heavy atom. The maximum absolute atomic E-state index is 12.8. The van der Waals surface area contributed by atoms with E-state index in [2.05, 4.69) is 49.4 Å². The molecule has 2 rings (SSSR count). The van der Waals surface area contributed by atoms with Crippen LogP contribution in [0.2, 0.25) is 0 Å². The summed E-state index contributed by atoms with van der Waals surface area (Å²) in [4.78, 5) is 28.8. The summed E-state index contributed by atoms with van der Waals surface area (Å²) in [5.41, 5.74) is 1.30. The van der Waals surface area contributed by atoms with Crippen LogP contribution in [-0.2, 0) is 4.79 Å². The van der Waals surface area contributed by atoms with E-state index in [1.54, 1.807) is 0 Å². The van der Waals surface area contributed by atoms with E-state index in [0.29, 0.717) is 49.1 Å². The van der Waals surface area contributed by atoms with Gasteiger partial charge >= 0.3 is 6.03 Å². The van der Waals surface area contributed by atoms with Crippen LogP contribution in [-0.4, -0.2) is 68.1 Å². The molecular formula is C21H38N4O2. The van der Waals surface area contributed by atoms with Gasteiger partial charge in [-0.05, 0) is 51.0 Å². The van der Waals surface area contributed by atoms with Gasteiger partial charge in [-0.2, -0.15) is 0 Å². The van der Waals surface area contributed by atoms with Gasteiger partial charge in [-0.3, -0.25) is 4.79 Å². The molecule has 154 valence electrons. The topological polar surface area (TPSA) is 64.7 Å². The molecule has 2 N–H and O–H groups in total. The van der Waals surface area contributed by atoms with Crippen molar-refractivity contribution < 1.29 is 9.59 Å². The number of hydrogen-bond acceptors (Lipinski definition) is 3. The predicted octanol–water partition coefficient (Wildman–Crippen LogP) is 2.32. The van der Waals surface area contributed by atoms with Crippen molar-refractivity contribution in [3.8, 4) is 0 Å². The van der Waals surface area contributed by atoms with E-state index in [1.165, 1.54) is 5.57 Å². The number of likely N-dealkylation sites (N-methyl/N-ethyl adjacent to an activating group) is 1. The lowest BCUT2D eigenvalue weighted by Gasteiger charge is -2.38. The molecule has 0 bridgehead atoms. The van der Waals surface area contributed by atoms with Gasteiger partial charge in [-0.1, -0.05) is 25.5 Å². The normalized spacial score (nSPS) is 26.7. The Hall–Kier alpha value is -1.56. The number of rotatable bonds is 6. The third kappa shape index (κ3) is 6.23. The molecule has 1 heterocycles. The van der Waals surface area contributed by atoms with Crippen LogP contribution >= 0.6 is 0 Å². The summed E-state index contributed by atoms with van der Waals surface area (Å²) in [5.74, 6) is 1.97. The van der Waals surface area contributed by atoms with E-state index in [1.807, 2.05) is 11.8 Å². The Bertz CT molecular complexity index is 538. The zero-order valence-corrected chi connectivity index (χ0v) is 17.8. The van der Waals surface area contributed by atoms with E-state index < -0.39 is 0 Å². The highest BCUT2D eigenvalue weighted by Crippen LogP contribution is 2.39. The SMILES string of the molecule is CCNC(=O)NC[C@@H]1C=C(C)[C@H](CC(=O)N2CCN(C)CC2)C[C@H]1C(C)C. The molecule has 0 aromatic rings. The van der Waals surface area contributed by atoms with Crippen LogP contribution in [0.5, 0.6) is 0 Å². The minimum Gasteiger partial charge on any atom is -0.340 e. The van der Waals surface area contributed by atoms with Gasteiger partial charge < -0.3 is 20.4 Å². The van der Waals surface area contributed by atoms with Crippen molar-refractivity contribution in [3.05, 3.63) is 11.6 Å². The summed E-state index contributed by atoms with van der Waals surface area (Å²) in [6.07, 6.45) is 3.95. The van der Waals surface area contributed by atoms with Crippen molar-refractivity contribution in [2.24, 2.45) is 23.7 Å². The van der Waals surface area contributed by atoms with Gasteiger partial charge in [0.1, 0.15) is 0 Å². The standard InChI is InChI=1S/C21H38N4O2/c1-6-22-21(27)23-14-18-11-16(4)17(12-19(18)15(2)3)13-20(26)25-9-7-24(5)8-10-25/h11,15,17-19H,6-10,12-14H2,1-5H3,(H2,22,23,27)/t17-,18-,19-/m0/s1. The molecule has 0 radical (unpaired) electrons. The molecule has 0 saturated carbocycles. The first kappa shape index (κ1) is 21.7. The molecule has 0 aromatic carbocycles. The molecule has 3 atom stereocenters. The van der Waals surface area contributed by atoms with Crippen molar-refractivity contribution >= 4 is 11.9 Å². The maximum atomic E-state index is 12.8. The Labute approximate surface area is 164 Å². The second kappa shape index (κ2) is 10.1. The highest BCUT2D eigenvalue weighted by atomic mass is 16.2. The molecule has 1 saturated heterocycles. The highest BCUT2D eigenvalue weighted by Gasteiger charge is 2.33. The van der Waals surface area contributed by atoms with Crippen LogP contribution in [0.1, 0.15) is 40.5 Å². The first-order valence-electron chi connectivity index (χ1n) is 10.5. The lowest BCUT2D eigenvalue weighted by Crippen LogP contribution is -2.47. The summed E-state index contributed by atoms with van der Waals surface area (Å²) in [6, 6.07) is -0.0987. The molecular weight excluding hydrogens is 340 g/mol. The predicted molar refractivity (Wildman–Crippen MR) is 109 cm³/mol. The quantitative estimate of drug-likeness (QED) is 0.697. The van der Waals surface area contributed by atoms with E-state index >= 15 is 0 Å². The summed E-state index contributed by atoms with van der Waals surface area (Å²) in [7, 11) is 2.11. The van der Waals surface area contributed by atoms with Crippen LogP contribution in [0.4, 0.5) is 4.79 Å². The fourth-order valence-corrected chi connectivity index (χ4v) is 4.34. The van der Waals surface area contributed by atoms with Gasteiger partial charge in [0.05, 0.1) is 0 Å². The second-order valence-electron chi connectivity index (χ2n) is 8.54. The molecule has 3 amide bonds. The van der Waals surface area contributed by atoms with Crippen LogP contribution in [0.25, 0.3) is 0 Å². The average Bonchev–Trinajstić information content (AvgIpc) is 2.62. The molecule has 2 aliphatic rings. The van der Waals surface area contributed by atoms with Gasteiger partial charge in [0.15, 0.2) is 0 Å². The third-order valence-corrected chi connectivity index (χ3v) is 6.20. The molecule has 6 heteroatoms.